The van der Waals surface area contributed by atoms with Gasteiger partial charge in [0.25, 0.3) is 0 Å². The first kappa shape index (κ1) is 15.1. The fraction of sp³-hybridized carbons (Fsp3) is 0.143. The molecule has 1 aromatic carbocycles. The molecule has 0 bridgehead atoms. The number of esters is 1. The van der Waals surface area contributed by atoms with Crippen molar-refractivity contribution in [3.05, 3.63) is 46.9 Å². The first-order valence-corrected chi connectivity index (χ1v) is 6.44. The number of nitrogens with zero attached hydrogens (tertiary/aromatic N) is 1. The van der Waals surface area contributed by atoms with Crippen molar-refractivity contribution in [1.29, 1.82) is 0 Å². The second-order valence-electron chi connectivity index (χ2n) is 4.01. The van der Waals surface area contributed by atoms with Crippen molar-refractivity contribution in [2.45, 2.75) is 6.92 Å². The third-order valence-corrected chi connectivity index (χ3v) is 2.83. The minimum absolute atomic E-state index is 0.0140. The van der Waals surface area contributed by atoms with Gasteiger partial charge in [-0.3, -0.25) is 0 Å². The standard InChI is InChI=1S/C14H12ClFN2O3/c1-2-20-14(19)9-6-13(18-7-12(9)17)21-8-3-4-10(15)11(16)5-8/h3-7H,2,17H2,1H3. The summed E-state index contributed by atoms with van der Waals surface area (Å²) in [5, 5.41) is -0.0140. The molecule has 110 valence electrons. The predicted molar refractivity (Wildman–Crippen MR) is 76.1 cm³/mol. The van der Waals surface area contributed by atoms with E-state index in [1.54, 1.807) is 6.92 Å². The molecule has 0 fully saturated rings. The maximum atomic E-state index is 13.3. The number of halogens is 2. The van der Waals surface area contributed by atoms with Gasteiger partial charge in [0.1, 0.15) is 11.6 Å². The number of anilines is 1. The summed E-state index contributed by atoms with van der Waals surface area (Å²) >= 11 is 5.58. The van der Waals surface area contributed by atoms with Crippen LogP contribution in [-0.2, 0) is 4.74 Å². The van der Waals surface area contributed by atoms with Crippen molar-refractivity contribution in [1.82, 2.24) is 4.98 Å². The van der Waals surface area contributed by atoms with E-state index < -0.39 is 11.8 Å². The predicted octanol–water partition coefficient (Wildman–Crippen LogP) is 3.43. The van der Waals surface area contributed by atoms with Crippen LogP contribution in [0.3, 0.4) is 0 Å². The lowest BCUT2D eigenvalue weighted by Gasteiger charge is -2.09. The third-order valence-electron chi connectivity index (χ3n) is 2.52. The molecule has 0 saturated heterocycles. The van der Waals surface area contributed by atoms with Crippen LogP contribution >= 0.6 is 11.6 Å². The second-order valence-corrected chi connectivity index (χ2v) is 4.42. The van der Waals surface area contributed by atoms with E-state index in [-0.39, 0.29) is 34.5 Å². The Morgan fingerprint density at radius 1 is 1.43 bits per heavy atom. The van der Waals surface area contributed by atoms with E-state index in [0.717, 1.165) is 6.07 Å². The number of carbonyl (C=O) groups excluding carboxylic acids is 1. The van der Waals surface area contributed by atoms with Crippen molar-refractivity contribution in [3.63, 3.8) is 0 Å². The molecule has 0 spiro atoms. The van der Waals surface area contributed by atoms with Crippen LogP contribution in [0.5, 0.6) is 11.6 Å². The van der Waals surface area contributed by atoms with Gasteiger partial charge in [0.15, 0.2) is 0 Å². The summed E-state index contributed by atoms with van der Waals surface area (Å²) in [5.74, 6) is -0.905. The van der Waals surface area contributed by atoms with Crippen LogP contribution in [-0.4, -0.2) is 17.6 Å². The lowest BCUT2D eigenvalue weighted by molar-refractivity contribution is 0.0527. The van der Waals surface area contributed by atoms with Gasteiger partial charge >= 0.3 is 5.97 Å². The number of ether oxygens (including phenoxy) is 2. The summed E-state index contributed by atoms with van der Waals surface area (Å²) in [6, 6.07) is 5.29. The van der Waals surface area contributed by atoms with E-state index in [2.05, 4.69) is 4.98 Å². The molecular weight excluding hydrogens is 299 g/mol. The first-order chi connectivity index (χ1) is 10.0. The van der Waals surface area contributed by atoms with E-state index in [4.69, 9.17) is 26.8 Å². The summed E-state index contributed by atoms with van der Waals surface area (Å²) in [7, 11) is 0. The van der Waals surface area contributed by atoms with Crippen LogP contribution in [0.1, 0.15) is 17.3 Å². The minimum atomic E-state index is -0.616. The molecule has 0 saturated carbocycles. The molecule has 0 atom stereocenters. The highest BCUT2D eigenvalue weighted by Gasteiger charge is 2.13. The molecule has 2 aromatic rings. The largest absolute Gasteiger partial charge is 0.462 e. The number of carbonyl (C=O) groups is 1. The normalized spacial score (nSPS) is 10.2. The Bertz CT molecular complexity index is 679. The average Bonchev–Trinajstić information content (AvgIpc) is 2.45. The fourth-order valence-electron chi connectivity index (χ4n) is 1.55. The summed E-state index contributed by atoms with van der Waals surface area (Å²) < 4.78 is 23.6. The molecule has 0 aliphatic carbocycles. The average molecular weight is 311 g/mol. The highest BCUT2D eigenvalue weighted by atomic mass is 35.5. The van der Waals surface area contributed by atoms with Crippen LogP contribution in [0.15, 0.2) is 30.5 Å². The van der Waals surface area contributed by atoms with E-state index in [1.165, 1.54) is 24.4 Å². The lowest BCUT2D eigenvalue weighted by atomic mass is 10.2. The fourth-order valence-corrected chi connectivity index (χ4v) is 1.67. The smallest absolute Gasteiger partial charge is 0.340 e. The SMILES string of the molecule is CCOC(=O)c1cc(Oc2ccc(Cl)c(F)c2)ncc1N. The lowest BCUT2D eigenvalue weighted by Crippen LogP contribution is -2.08. The maximum Gasteiger partial charge on any atom is 0.340 e. The van der Waals surface area contributed by atoms with Crippen molar-refractivity contribution in [3.8, 4) is 11.6 Å². The quantitative estimate of drug-likeness (QED) is 0.876. The molecule has 2 N–H and O–H groups in total. The Kier molecular flexibility index (Phi) is 4.59. The van der Waals surface area contributed by atoms with Gasteiger partial charge in [-0.05, 0) is 19.1 Å². The van der Waals surface area contributed by atoms with Gasteiger partial charge in [-0.25, -0.2) is 14.2 Å². The van der Waals surface area contributed by atoms with E-state index in [1.807, 2.05) is 0 Å². The zero-order valence-corrected chi connectivity index (χ0v) is 11.9. The van der Waals surface area contributed by atoms with Gasteiger partial charge in [0, 0.05) is 12.1 Å². The number of pyridine rings is 1. The number of nitrogen functional groups attached to an aromatic ring is 1. The van der Waals surface area contributed by atoms with Gasteiger partial charge in [0.2, 0.25) is 5.88 Å². The second kappa shape index (κ2) is 6.41. The van der Waals surface area contributed by atoms with Gasteiger partial charge in [0.05, 0.1) is 29.1 Å². The molecule has 2 rings (SSSR count). The maximum absolute atomic E-state index is 13.3. The summed E-state index contributed by atoms with van der Waals surface area (Å²) in [6.07, 6.45) is 1.27. The molecule has 0 unspecified atom stereocenters. The molecule has 1 aromatic heterocycles. The zero-order valence-electron chi connectivity index (χ0n) is 11.1. The third kappa shape index (κ3) is 3.61. The van der Waals surface area contributed by atoms with Gasteiger partial charge in [-0.15, -0.1) is 0 Å². The number of rotatable bonds is 4. The van der Waals surface area contributed by atoms with E-state index >= 15 is 0 Å². The molecule has 0 amide bonds. The topological polar surface area (TPSA) is 74.4 Å². The molecule has 1 heterocycles. The van der Waals surface area contributed by atoms with Crippen molar-refractivity contribution >= 4 is 23.3 Å². The van der Waals surface area contributed by atoms with Gasteiger partial charge in [-0.2, -0.15) is 0 Å². The number of aromatic nitrogens is 1. The number of nitrogens with two attached hydrogens (primary N) is 1. The highest BCUT2D eigenvalue weighted by molar-refractivity contribution is 6.30. The summed E-state index contributed by atoms with van der Waals surface area (Å²) in [6.45, 7) is 1.91. The van der Waals surface area contributed by atoms with Crippen molar-refractivity contribution in [2.24, 2.45) is 0 Å². The van der Waals surface area contributed by atoms with Gasteiger partial charge in [-0.1, -0.05) is 11.6 Å². The Balaban J connectivity index is 2.26. The van der Waals surface area contributed by atoms with Crippen LogP contribution in [0.25, 0.3) is 0 Å². The summed E-state index contributed by atoms with van der Waals surface area (Å²) in [4.78, 5) is 15.6. The Morgan fingerprint density at radius 2 is 2.19 bits per heavy atom. The zero-order chi connectivity index (χ0) is 15.4. The van der Waals surface area contributed by atoms with Crippen LogP contribution in [0, 0.1) is 5.82 Å². The first-order valence-electron chi connectivity index (χ1n) is 6.06. The van der Waals surface area contributed by atoms with Gasteiger partial charge < -0.3 is 15.2 Å². The van der Waals surface area contributed by atoms with Crippen molar-refractivity contribution in [2.75, 3.05) is 12.3 Å². The Hall–Kier alpha value is -2.34. The van der Waals surface area contributed by atoms with E-state index in [0.29, 0.717) is 0 Å². The van der Waals surface area contributed by atoms with Crippen LogP contribution in [0.2, 0.25) is 5.02 Å². The molecular formula is C14H12ClFN2O3. The Morgan fingerprint density at radius 3 is 2.86 bits per heavy atom. The molecule has 0 radical (unpaired) electrons. The monoisotopic (exact) mass is 310 g/mol. The molecule has 7 heteroatoms. The minimum Gasteiger partial charge on any atom is -0.462 e. The van der Waals surface area contributed by atoms with Crippen molar-refractivity contribution < 1.29 is 18.7 Å². The molecule has 0 aliphatic heterocycles. The van der Waals surface area contributed by atoms with E-state index in [9.17, 15) is 9.18 Å². The number of hydrogen-bond acceptors (Lipinski definition) is 5. The van der Waals surface area contributed by atoms with Crippen LogP contribution in [0.4, 0.5) is 10.1 Å². The summed E-state index contributed by atoms with van der Waals surface area (Å²) in [5.41, 5.74) is 5.97. The number of benzene rings is 1. The molecule has 21 heavy (non-hydrogen) atoms. The highest BCUT2D eigenvalue weighted by Crippen LogP contribution is 2.26. The van der Waals surface area contributed by atoms with Crippen LogP contribution < -0.4 is 10.5 Å². The number of hydrogen-bond donors (Lipinski definition) is 1. The Labute approximate surface area is 125 Å². The molecule has 0 aliphatic rings. The molecule has 5 nitrogen and oxygen atoms in total.